The van der Waals surface area contributed by atoms with Crippen molar-refractivity contribution in [2.75, 3.05) is 13.1 Å². The topological polar surface area (TPSA) is 12.0 Å². The number of aryl methyl sites for hydroxylation is 1. The zero-order valence-electron chi connectivity index (χ0n) is 10.7. The Morgan fingerprint density at radius 3 is 2.83 bits per heavy atom. The maximum atomic E-state index is 6.05. The molecule has 1 saturated carbocycles. The Morgan fingerprint density at radius 1 is 1.39 bits per heavy atom. The van der Waals surface area contributed by atoms with Crippen molar-refractivity contribution in [3.05, 3.63) is 33.8 Å². The molecule has 0 radical (unpaired) electrons. The minimum Gasteiger partial charge on any atom is -0.316 e. The van der Waals surface area contributed by atoms with Gasteiger partial charge in [0.25, 0.3) is 0 Å². The third kappa shape index (κ3) is 2.17. The maximum absolute atomic E-state index is 6.05. The van der Waals surface area contributed by atoms with E-state index in [0.29, 0.717) is 15.5 Å². The summed E-state index contributed by atoms with van der Waals surface area (Å²) in [6, 6.07) is 6.00. The summed E-state index contributed by atoms with van der Waals surface area (Å²) in [6.45, 7) is 4.86. The second kappa shape index (κ2) is 4.70. The summed E-state index contributed by atoms with van der Waals surface area (Å²) in [7, 11) is 0. The van der Waals surface area contributed by atoms with Crippen LogP contribution in [0.2, 0.25) is 10.0 Å². The molecule has 1 aromatic rings. The molecule has 1 saturated heterocycles. The number of benzene rings is 1. The van der Waals surface area contributed by atoms with E-state index in [-0.39, 0.29) is 0 Å². The molecule has 1 aliphatic carbocycles. The first-order valence-corrected chi connectivity index (χ1v) is 7.52. The molecule has 0 bridgehead atoms. The molecule has 2 fully saturated rings. The number of nitrogens with one attached hydrogen (secondary N) is 1. The van der Waals surface area contributed by atoms with E-state index in [2.05, 4.69) is 18.3 Å². The number of hydrogen-bond donors (Lipinski definition) is 1. The van der Waals surface area contributed by atoms with E-state index in [0.717, 1.165) is 18.3 Å². The lowest BCUT2D eigenvalue weighted by atomic mass is 9.85. The Labute approximate surface area is 119 Å². The highest BCUT2D eigenvalue weighted by Gasteiger charge is 2.59. The number of halogens is 2. The van der Waals surface area contributed by atoms with Crippen molar-refractivity contribution in [2.45, 2.75) is 26.2 Å². The van der Waals surface area contributed by atoms with Gasteiger partial charge >= 0.3 is 0 Å². The van der Waals surface area contributed by atoms with Crippen molar-refractivity contribution in [1.29, 1.82) is 0 Å². The van der Waals surface area contributed by atoms with Gasteiger partial charge in [0, 0.05) is 6.54 Å². The van der Waals surface area contributed by atoms with Crippen LogP contribution in [-0.4, -0.2) is 13.1 Å². The molecule has 18 heavy (non-hydrogen) atoms. The molecule has 3 rings (SSSR count). The van der Waals surface area contributed by atoms with E-state index in [1.54, 1.807) is 0 Å². The van der Waals surface area contributed by atoms with Gasteiger partial charge in [-0.3, -0.25) is 0 Å². The van der Waals surface area contributed by atoms with E-state index < -0.39 is 0 Å². The largest absolute Gasteiger partial charge is 0.316 e. The molecule has 3 unspecified atom stereocenters. The van der Waals surface area contributed by atoms with Gasteiger partial charge in [-0.1, -0.05) is 36.2 Å². The van der Waals surface area contributed by atoms with Gasteiger partial charge in [-0.05, 0) is 60.8 Å². The van der Waals surface area contributed by atoms with Crippen LogP contribution in [0.25, 0.3) is 0 Å². The highest BCUT2D eigenvalue weighted by atomic mass is 35.5. The van der Waals surface area contributed by atoms with E-state index in [4.69, 9.17) is 23.2 Å². The lowest BCUT2D eigenvalue weighted by Gasteiger charge is -2.21. The Balaban J connectivity index is 1.59. The van der Waals surface area contributed by atoms with Crippen LogP contribution in [0.4, 0.5) is 0 Å². The number of rotatable bonds is 4. The summed E-state index contributed by atoms with van der Waals surface area (Å²) < 4.78 is 0. The van der Waals surface area contributed by atoms with Gasteiger partial charge in [-0.2, -0.15) is 0 Å². The number of hydrogen-bond acceptors (Lipinski definition) is 1. The first-order valence-electron chi connectivity index (χ1n) is 6.76. The minimum absolute atomic E-state index is 0.621. The van der Waals surface area contributed by atoms with Crippen LogP contribution >= 0.6 is 23.2 Å². The van der Waals surface area contributed by atoms with Crippen molar-refractivity contribution in [2.24, 2.45) is 17.3 Å². The number of fused-ring (bicyclic) bond motifs is 1. The van der Waals surface area contributed by atoms with Crippen molar-refractivity contribution >= 4 is 23.2 Å². The molecular weight excluding hydrogens is 265 g/mol. The molecule has 2 aliphatic rings. The SMILES string of the molecule is CC(CCc1ccc(Cl)c(Cl)c1)C12CNCC1C2. The van der Waals surface area contributed by atoms with Gasteiger partial charge in [0.15, 0.2) is 0 Å². The number of piperidine rings is 1. The minimum atomic E-state index is 0.621. The predicted octanol–water partition coefficient (Wildman–Crippen LogP) is 4.17. The molecule has 1 aliphatic heterocycles. The summed E-state index contributed by atoms with van der Waals surface area (Å²) in [4.78, 5) is 0. The summed E-state index contributed by atoms with van der Waals surface area (Å²) in [5.41, 5.74) is 1.92. The van der Waals surface area contributed by atoms with Crippen LogP contribution in [0.3, 0.4) is 0 Å². The average molecular weight is 284 g/mol. The van der Waals surface area contributed by atoms with Crippen LogP contribution in [0.1, 0.15) is 25.3 Å². The van der Waals surface area contributed by atoms with E-state index >= 15 is 0 Å². The lowest BCUT2D eigenvalue weighted by molar-refractivity contribution is 0.317. The van der Waals surface area contributed by atoms with E-state index in [1.165, 1.54) is 31.5 Å². The zero-order chi connectivity index (χ0) is 12.8. The van der Waals surface area contributed by atoms with Gasteiger partial charge in [0.1, 0.15) is 0 Å². The molecule has 0 amide bonds. The fourth-order valence-electron chi connectivity index (χ4n) is 3.51. The highest BCUT2D eigenvalue weighted by molar-refractivity contribution is 6.42. The average Bonchev–Trinajstić information content (AvgIpc) is 2.93. The van der Waals surface area contributed by atoms with E-state index in [1.807, 2.05) is 12.1 Å². The fraction of sp³-hybridized carbons (Fsp3) is 0.600. The smallest absolute Gasteiger partial charge is 0.0595 e. The standard InChI is InChI=1S/C15H19Cl2N/c1-10(15-7-12(15)8-18-9-15)2-3-11-4-5-13(16)14(17)6-11/h4-6,10,12,18H,2-3,7-9H2,1H3. The summed E-state index contributed by atoms with van der Waals surface area (Å²) in [5.74, 6) is 1.74. The third-order valence-corrected chi connectivity index (χ3v) is 5.69. The van der Waals surface area contributed by atoms with Crippen molar-refractivity contribution < 1.29 is 0 Å². The molecule has 1 aromatic carbocycles. The van der Waals surface area contributed by atoms with Gasteiger partial charge in [-0.15, -0.1) is 0 Å². The quantitative estimate of drug-likeness (QED) is 0.875. The van der Waals surface area contributed by atoms with Crippen molar-refractivity contribution in [3.8, 4) is 0 Å². The molecule has 3 heteroatoms. The van der Waals surface area contributed by atoms with Crippen molar-refractivity contribution in [1.82, 2.24) is 5.32 Å². The lowest BCUT2D eigenvalue weighted by Crippen LogP contribution is -2.22. The second-order valence-electron chi connectivity index (χ2n) is 5.95. The summed E-state index contributed by atoms with van der Waals surface area (Å²) >= 11 is 12.0. The molecule has 1 N–H and O–H groups in total. The highest BCUT2D eigenvalue weighted by Crippen LogP contribution is 2.60. The zero-order valence-corrected chi connectivity index (χ0v) is 12.2. The molecule has 3 atom stereocenters. The van der Waals surface area contributed by atoms with Gasteiger partial charge in [0.2, 0.25) is 0 Å². The first kappa shape index (κ1) is 12.8. The molecule has 98 valence electrons. The van der Waals surface area contributed by atoms with Crippen molar-refractivity contribution in [3.63, 3.8) is 0 Å². The monoisotopic (exact) mass is 283 g/mol. The van der Waals surface area contributed by atoms with Crippen LogP contribution < -0.4 is 5.32 Å². The molecule has 0 spiro atoms. The molecule has 1 heterocycles. The van der Waals surface area contributed by atoms with Gasteiger partial charge in [0.05, 0.1) is 10.0 Å². The maximum Gasteiger partial charge on any atom is 0.0595 e. The molecular formula is C15H19Cl2N. The summed E-state index contributed by atoms with van der Waals surface area (Å²) in [5, 5.41) is 4.84. The molecule has 0 aromatic heterocycles. The molecule has 1 nitrogen and oxygen atoms in total. The Hall–Kier alpha value is -0.240. The fourth-order valence-corrected chi connectivity index (χ4v) is 3.84. The first-order chi connectivity index (χ1) is 8.62. The van der Waals surface area contributed by atoms with Crippen LogP contribution in [0.5, 0.6) is 0 Å². The normalized spacial score (nSPS) is 31.2. The second-order valence-corrected chi connectivity index (χ2v) is 6.77. The Bertz CT molecular complexity index is 460. The van der Waals surface area contributed by atoms with E-state index in [9.17, 15) is 0 Å². The third-order valence-electron chi connectivity index (χ3n) is 4.96. The van der Waals surface area contributed by atoms with Gasteiger partial charge < -0.3 is 5.32 Å². The Kier molecular flexibility index (Phi) is 3.34. The van der Waals surface area contributed by atoms with Crippen LogP contribution in [0.15, 0.2) is 18.2 Å². The Morgan fingerprint density at radius 2 is 2.22 bits per heavy atom. The summed E-state index contributed by atoms with van der Waals surface area (Å²) in [6.07, 6.45) is 3.78. The van der Waals surface area contributed by atoms with Crippen LogP contribution in [-0.2, 0) is 6.42 Å². The van der Waals surface area contributed by atoms with Crippen LogP contribution in [0, 0.1) is 17.3 Å². The van der Waals surface area contributed by atoms with Gasteiger partial charge in [-0.25, -0.2) is 0 Å². The predicted molar refractivity (Wildman–Crippen MR) is 77.4 cm³/mol.